The Morgan fingerprint density at radius 1 is 1.23 bits per heavy atom. The van der Waals surface area contributed by atoms with Gasteiger partial charge in [0.25, 0.3) is 0 Å². The molecule has 3 aromatic rings. The van der Waals surface area contributed by atoms with Crippen molar-refractivity contribution in [1.29, 1.82) is 0 Å². The van der Waals surface area contributed by atoms with Gasteiger partial charge in [-0.2, -0.15) is 0 Å². The molecule has 1 aromatic carbocycles. The third-order valence-electron chi connectivity index (χ3n) is 4.70. The lowest BCUT2D eigenvalue weighted by Crippen LogP contribution is -2.19. The summed E-state index contributed by atoms with van der Waals surface area (Å²) in [5.74, 6) is 0. The molecule has 0 aliphatic carbocycles. The Labute approximate surface area is 127 Å². The van der Waals surface area contributed by atoms with Gasteiger partial charge < -0.3 is 9.67 Å². The van der Waals surface area contributed by atoms with Crippen molar-refractivity contribution in [2.24, 2.45) is 0 Å². The highest BCUT2D eigenvalue weighted by molar-refractivity contribution is 5.70. The summed E-state index contributed by atoms with van der Waals surface area (Å²) < 4.78 is 3.97. The third kappa shape index (κ3) is 1.45. The Hall–Kier alpha value is -2.47. The summed E-state index contributed by atoms with van der Waals surface area (Å²) in [5, 5.41) is 19.1. The zero-order valence-electron chi connectivity index (χ0n) is 11.9. The average Bonchev–Trinajstić information content (AvgIpc) is 3.21. The summed E-state index contributed by atoms with van der Waals surface area (Å²) in [4.78, 5) is 4.28. The molecule has 0 fully saturated rings. The Morgan fingerprint density at radius 2 is 2.14 bits per heavy atom. The van der Waals surface area contributed by atoms with Crippen LogP contribution in [0.2, 0.25) is 0 Å². The number of imidazole rings is 1. The molecule has 110 valence electrons. The molecular formula is C16H15N5O. The maximum absolute atomic E-state index is 10.4. The molecule has 1 N–H and O–H groups in total. The number of nitrogens with zero attached hydrogens (tertiary/aromatic N) is 5. The van der Waals surface area contributed by atoms with E-state index in [9.17, 15) is 5.11 Å². The van der Waals surface area contributed by atoms with Crippen LogP contribution in [0.3, 0.4) is 0 Å². The number of benzene rings is 1. The van der Waals surface area contributed by atoms with Crippen LogP contribution in [0, 0.1) is 0 Å². The van der Waals surface area contributed by atoms with Crippen LogP contribution in [0.4, 0.5) is 0 Å². The predicted molar refractivity (Wildman–Crippen MR) is 79.1 cm³/mol. The summed E-state index contributed by atoms with van der Waals surface area (Å²) in [5.41, 5.74) is 5.16. The second kappa shape index (κ2) is 4.27. The van der Waals surface area contributed by atoms with Gasteiger partial charge in [0.2, 0.25) is 0 Å². The molecule has 0 saturated heterocycles. The van der Waals surface area contributed by atoms with Crippen molar-refractivity contribution in [2.45, 2.75) is 31.5 Å². The van der Waals surface area contributed by atoms with E-state index in [-0.39, 0.29) is 6.04 Å². The number of aromatic nitrogens is 5. The maximum Gasteiger partial charge on any atom is 0.116 e. The number of aliphatic hydroxyl groups excluding tert-OH is 1. The number of aliphatic hydroxyl groups is 1. The summed E-state index contributed by atoms with van der Waals surface area (Å²) in [7, 11) is 0. The van der Waals surface area contributed by atoms with Crippen molar-refractivity contribution in [3.05, 3.63) is 53.7 Å². The van der Waals surface area contributed by atoms with E-state index in [4.69, 9.17) is 0 Å². The Bertz CT molecular complexity index is 865. The monoisotopic (exact) mass is 293 g/mol. The maximum atomic E-state index is 10.4. The zero-order chi connectivity index (χ0) is 14.7. The van der Waals surface area contributed by atoms with Crippen LogP contribution in [0.5, 0.6) is 0 Å². The first-order valence-corrected chi connectivity index (χ1v) is 7.57. The van der Waals surface area contributed by atoms with Crippen molar-refractivity contribution in [3.8, 4) is 11.3 Å². The molecule has 0 amide bonds. The van der Waals surface area contributed by atoms with Gasteiger partial charge in [0.05, 0.1) is 30.0 Å². The fourth-order valence-corrected chi connectivity index (χ4v) is 3.72. The molecule has 6 heteroatoms. The Kier molecular flexibility index (Phi) is 2.35. The molecule has 2 atom stereocenters. The molecule has 2 aliphatic heterocycles. The predicted octanol–water partition coefficient (Wildman–Crippen LogP) is 1.92. The molecule has 2 aliphatic rings. The zero-order valence-corrected chi connectivity index (χ0v) is 11.9. The minimum atomic E-state index is -0.488. The topological polar surface area (TPSA) is 68.8 Å². The molecule has 0 bridgehead atoms. The van der Waals surface area contributed by atoms with Crippen LogP contribution in [-0.4, -0.2) is 29.7 Å². The molecule has 0 spiro atoms. The minimum absolute atomic E-state index is 0.0507. The van der Waals surface area contributed by atoms with Crippen LogP contribution < -0.4 is 0 Å². The molecular weight excluding hydrogens is 278 g/mol. The Morgan fingerprint density at radius 3 is 3.09 bits per heavy atom. The standard InChI is InChI=1S/C16H15N5O/c22-13-6-3-7-21-16(13)14(18-19-21)15-11-5-2-1-4-10(11)12-8-17-9-20(12)15/h1-2,4-5,8-9,13,15,22H,3,6-7H2/t13?,15-/m0/s1. The third-order valence-corrected chi connectivity index (χ3v) is 4.70. The Balaban J connectivity index is 1.76. The molecule has 6 nitrogen and oxygen atoms in total. The van der Waals surface area contributed by atoms with Gasteiger partial charge in [0.15, 0.2) is 0 Å². The van der Waals surface area contributed by atoms with E-state index in [0.717, 1.165) is 36.5 Å². The van der Waals surface area contributed by atoms with Gasteiger partial charge in [-0.25, -0.2) is 9.67 Å². The molecule has 0 saturated carbocycles. The number of hydrogen-bond donors (Lipinski definition) is 1. The summed E-state index contributed by atoms with van der Waals surface area (Å²) in [6.45, 7) is 0.824. The first-order chi connectivity index (χ1) is 10.8. The van der Waals surface area contributed by atoms with Crippen molar-refractivity contribution in [3.63, 3.8) is 0 Å². The lowest BCUT2D eigenvalue weighted by molar-refractivity contribution is 0.133. The molecule has 4 heterocycles. The van der Waals surface area contributed by atoms with E-state index >= 15 is 0 Å². The van der Waals surface area contributed by atoms with Gasteiger partial charge in [0.1, 0.15) is 11.7 Å². The van der Waals surface area contributed by atoms with E-state index in [1.807, 2.05) is 29.3 Å². The second-order valence-electron chi connectivity index (χ2n) is 5.92. The molecule has 0 radical (unpaired) electrons. The van der Waals surface area contributed by atoms with E-state index in [0.29, 0.717) is 0 Å². The van der Waals surface area contributed by atoms with E-state index in [1.165, 1.54) is 11.1 Å². The number of fused-ring (bicyclic) bond motifs is 4. The van der Waals surface area contributed by atoms with Gasteiger partial charge in [-0.15, -0.1) is 5.10 Å². The van der Waals surface area contributed by atoms with Gasteiger partial charge in [-0.1, -0.05) is 29.5 Å². The lowest BCUT2D eigenvalue weighted by atomic mass is 9.96. The highest BCUT2D eigenvalue weighted by Crippen LogP contribution is 2.44. The van der Waals surface area contributed by atoms with Crippen LogP contribution in [0.25, 0.3) is 11.3 Å². The summed E-state index contributed by atoms with van der Waals surface area (Å²) in [6.07, 6.45) is 4.94. The van der Waals surface area contributed by atoms with E-state index < -0.39 is 6.10 Å². The van der Waals surface area contributed by atoms with Crippen molar-refractivity contribution in [1.82, 2.24) is 24.5 Å². The normalized spacial score (nSPS) is 22.2. The molecule has 22 heavy (non-hydrogen) atoms. The first-order valence-electron chi connectivity index (χ1n) is 7.57. The average molecular weight is 293 g/mol. The first kappa shape index (κ1) is 12.1. The van der Waals surface area contributed by atoms with Gasteiger partial charge in [-0.05, 0) is 18.4 Å². The fourth-order valence-electron chi connectivity index (χ4n) is 3.72. The number of hydrogen-bond acceptors (Lipinski definition) is 4. The van der Waals surface area contributed by atoms with Gasteiger partial charge in [-0.3, -0.25) is 0 Å². The largest absolute Gasteiger partial charge is 0.387 e. The van der Waals surface area contributed by atoms with Crippen LogP contribution in [0.15, 0.2) is 36.8 Å². The van der Waals surface area contributed by atoms with E-state index in [1.54, 1.807) is 0 Å². The smallest absolute Gasteiger partial charge is 0.116 e. The van der Waals surface area contributed by atoms with Crippen molar-refractivity contribution < 1.29 is 5.11 Å². The molecule has 2 aromatic heterocycles. The van der Waals surface area contributed by atoms with Crippen LogP contribution in [-0.2, 0) is 6.54 Å². The SMILES string of the molecule is OC1CCCn2nnc([C@@H]3c4ccccc4-c4cncn43)c21. The molecule has 5 rings (SSSR count). The highest BCUT2D eigenvalue weighted by Gasteiger charge is 2.36. The minimum Gasteiger partial charge on any atom is -0.387 e. The quantitative estimate of drug-likeness (QED) is 0.582. The van der Waals surface area contributed by atoms with Gasteiger partial charge >= 0.3 is 0 Å². The fraction of sp³-hybridized carbons (Fsp3) is 0.312. The number of aryl methyl sites for hydroxylation is 1. The van der Waals surface area contributed by atoms with Crippen LogP contribution in [0.1, 0.15) is 41.9 Å². The van der Waals surface area contributed by atoms with Crippen molar-refractivity contribution >= 4 is 0 Å². The summed E-state index contributed by atoms with van der Waals surface area (Å²) >= 11 is 0. The summed E-state index contributed by atoms with van der Waals surface area (Å²) in [6, 6.07) is 8.25. The molecule has 1 unspecified atom stereocenters. The van der Waals surface area contributed by atoms with Gasteiger partial charge in [0, 0.05) is 12.1 Å². The second-order valence-corrected chi connectivity index (χ2v) is 5.92. The number of rotatable bonds is 1. The van der Waals surface area contributed by atoms with E-state index in [2.05, 4.69) is 32.0 Å². The highest BCUT2D eigenvalue weighted by atomic mass is 16.3. The van der Waals surface area contributed by atoms with Crippen LogP contribution >= 0.6 is 0 Å². The lowest BCUT2D eigenvalue weighted by Gasteiger charge is -2.21. The van der Waals surface area contributed by atoms with Crippen molar-refractivity contribution in [2.75, 3.05) is 0 Å².